The predicted octanol–water partition coefficient (Wildman–Crippen LogP) is 3.20. The van der Waals surface area contributed by atoms with Gasteiger partial charge in [-0.15, -0.1) is 0 Å². The van der Waals surface area contributed by atoms with Gasteiger partial charge in [-0.25, -0.2) is 0 Å². The second-order valence-corrected chi connectivity index (χ2v) is 5.78. The first-order valence-corrected chi connectivity index (χ1v) is 7.64. The van der Waals surface area contributed by atoms with Gasteiger partial charge in [0.15, 0.2) is 0 Å². The number of benzene rings is 1. The third kappa shape index (κ3) is 3.63. The number of carboxylic acids is 1. The van der Waals surface area contributed by atoms with E-state index in [0.29, 0.717) is 0 Å². The van der Waals surface area contributed by atoms with Crippen LogP contribution < -0.4 is 0 Å². The minimum absolute atomic E-state index is 0.0340. The van der Waals surface area contributed by atoms with Crippen LogP contribution in [0.5, 0.6) is 0 Å². The number of aryl methyl sites for hydroxylation is 1. The molecule has 2 rings (SSSR count). The molecule has 1 saturated heterocycles. The third-order valence-corrected chi connectivity index (χ3v) is 4.27. The fourth-order valence-electron chi connectivity index (χ4n) is 2.92. The Morgan fingerprint density at radius 1 is 1.29 bits per heavy atom. The molecule has 1 aromatic carbocycles. The van der Waals surface area contributed by atoms with E-state index in [9.17, 15) is 9.59 Å². The topological polar surface area (TPSA) is 57.6 Å². The van der Waals surface area contributed by atoms with E-state index >= 15 is 0 Å². The standard InChI is InChI=1S/C17H23NO3/c1-3-13(11-16(19)20)14-7-6-12(2)15(10-14)17(21)18-8-4-5-9-18/h6-7,10,13H,3-5,8-9,11H2,1-2H3,(H,19,20). The number of hydrogen-bond donors (Lipinski definition) is 1. The maximum atomic E-state index is 12.6. The third-order valence-electron chi connectivity index (χ3n) is 4.27. The van der Waals surface area contributed by atoms with Crippen LogP contribution in [0.4, 0.5) is 0 Å². The first-order chi connectivity index (χ1) is 10.0. The van der Waals surface area contributed by atoms with E-state index in [0.717, 1.165) is 49.0 Å². The number of hydrogen-bond acceptors (Lipinski definition) is 2. The number of carboxylic acid groups (broad SMARTS) is 1. The average molecular weight is 289 g/mol. The Hall–Kier alpha value is -1.84. The number of likely N-dealkylation sites (tertiary alicyclic amines) is 1. The number of rotatable bonds is 5. The number of amides is 1. The molecule has 1 aliphatic rings. The smallest absolute Gasteiger partial charge is 0.303 e. The quantitative estimate of drug-likeness (QED) is 0.905. The molecule has 0 saturated carbocycles. The van der Waals surface area contributed by atoms with Gasteiger partial charge in [-0.2, -0.15) is 0 Å². The van der Waals surface area contributed by atoms with Gasteiger partial charge in [-0.1, -0.05) is 19.1 Å². The zero-order valence-electron chi connectivity index (χ0n) is 12.8. The van der Waals surface area contributed by atoms with Crippen LogP contribution in [0.15, 0.2) is 18.2 Å². The summed E-state index contributed by atoms with van der Waals surface area (Å²) < 4.78 is 0. The Labute approximate surface area is 125 Å². The first-order valence-electron chi connectivity index (χ1n) is 7.64. The minimum Gasteiger partial charge on any atom is -0.481 e. The average Bonchev–Trinajstić information content (AvgIpc) is 2.98. The molecule has 1 N–H and O–H groups in total. The molecule has 4 heteroatoms. The lowest BCUT2D eigenvalue weighted by Crippen LogP contribution is -2.28. The molecule has 1 aliphatic heterocycles. The van der Waals surface area contributed by atoms with Crippen molar-refractivity contribution in [2.75, 3.05) is 13.1 Å². The van der Waals surface area contributed by atoms with Crippen LogP contribution in [-0.2, 0) is 4.79 Å². The molecule has 1 amide bonds. The van der Waals surface area contributed by atoms with Gasteiger partial charge in [0.1, 0.15) is 0 Å². The van der Waals surface area contributed by atoms with E-state index in [1.54, 1.807) is 0 Å². The van der Waals surface area contributed by atoms with Gasteiger partial charge >= 0.3 is 5.97 Å². The largest absolute Gasteiger partial charge is 0.481 e. The summed E-state index contributed by atoms with van der Waals surface area (Å²) in [5.74, 6) is -0.750. The lowest BCUT2D eigenvalue weighted by atomic mass is 9.90. The van der Waals surface area contributed by atoms with E-state index in [-0.39, 0.29) is 18.2 Å². The summed E-state index contributed by atoms with van der Waals surface area (Å²) in [6.45, 7) is 5.57. The van der Waals surface area contributed by atoms with Gasteiger partial charge in [0.25, 0.3) is 5.91 Å². The lowest BCUT2D eigenvalue weighted by Gasteiger charge is -2.19. The van der Waals surface area contributed by atoms with Crippen LogP contribution in [0.2, 0.25) is 0 Å². The molecule has 4 nitrogen and oxygen atoms in total. The van der Waals surface area contributed by atoms with Gasteiger partial charge in [0, 0.05) is 18.7 Å². The number of aliphatic carboxylic acids is 1. The van der Waals surface area contributed by atoms with Crippen LogP contribution in [0.1, 0.15) is 60.0 Å². The second-order valence-electron chi connectivity index (χ2n) is 5.78. The zero-order chi connectivity index (χ0) is 15.4. The monoisotopic (exact) mass is 289 g/mol. The van der Waals surface area contributed by atoms with Crippen LogP contribution in [0, 0.1) is 6.92 Å². The highest BCUT2D eigenvalue weighted by molar-refractivity contribution is 5.96. The maximum Gasteiger partial charge on any atom is 0.303 e. The highest BCUT2D eigenvalue weighted by Crippen LogP contribution is 2.26. The van der Waals surface area contributed by atoms with Crippen LogP contribution in [-0.4, -0.2) is 35.0 Å². The van der Waals surface area contributed by atoms with E-state index < -0.39 is 5.97 Å². The number of nitrogens with zero attached hydrogens (tertiary/aromatic N) is 1. The van der Waals surface area contributed by atoms with Gasteiger partial charge < -0.3 is 10.0 Å². The molecule has 1 unspecified atom stereocenters. The van der Waals surface area contributed by atoms with E-state index in [4.69, 9.17) is 5.11 Å². The summed E-state index contributed by atoms with van der Waals surface area (Å²) in [4.78, 5) is 25.4. The molecular weight excluding hydrogens is 266 g/mol. The fourth-order valence-corrected chi connectivity index (χ4v) is 2.92. The van der Waals surface area contributed by atoms with Gasteiger partial charge in [0.05, 0.1) is 6.42 Å². The SMILES string of the molecule is CCC(CC(=O)O)c1ccc(C)c(C(=O)N2CCCC2)c1. The molecule has 0 aromatic heterocycles. The van der Waals surface area contributed by atoms with Crippen molar-refractivity contribution < 1.29 is 14.7 Å². The molecule has 0 radical (unpaired) electrons. The molecule has 0 spiro atoms. The molecule has 21 heavy (non-hydrogen) atoms. The van der Waals surface area contributed by atoms with Crippen LogP contribution in [0.3, 0.4) is 0 Å². The Morgan fingerprint density at radius 2 is 1.95 bits per heavy atom. The molecule has 114 valence electrons. The van der Waals surface area contributed by atoms with Crippen molar-refractivity contribution in [1.82, 2.24) is 4.90 Å². The molecule has 1 heterocycles. The Bertz CT molecular complexity index is 533. The van der Waals surface area contributed by atoms with Gasteiger partial charge in [-0.3, -0.25) is 9.59 Å². The summed E-state index contributed by atoms with van der Waals surface area (Å²) in [7, 11) is 0. The summed E-state index contributed by atoms with van der Waals surface area (Å²) in [5.41, 5.74) is 2.63. The van der Waals surface area contributed by atoms with Crippen LogP contribution in [0.25, 0.3) is 0 Å². The maximum absolute atomic E-state index is 12.6. The highest BCUT2D eigenvalue weighted by atomic mass is 16.4. The molecule has 1 fully saturated rings. The number of carbonyl (C=O) groups is 2. The molecular formula is C17H23NO3. The lowest BCUT2D eigenvalue weighted by molar-refractivity contribution is -0.137. The van der Waals surface area contributed by atoms with Crippen LogP contribution >= 0.6 is 0 Å². The molecule has 1 atom stereocenters. The Kier molecular flexibility index (Phi) is 4.99. The van der Waals surface area contributed by atoms with Crippen molar-refractivity contribution in [3.05, 3.63) is 34.9 Å². The van der Waals surface area contributed by atoms with Crippen molar-refractivity contribution in [2.24, 2.45) is 0 Å². The second kappa shape index (κ2) is 6.74. The van der Waals surface area contributed by atoms with Crippen molar-refractivity contribution in [3.8, 4) is 0 Å². The van der Waals surface area contributed by atoms with E-state index in [1.165, 1.54) is 0 Å². The minimum atomic E-state index is -0.796. The summed E-state index contributed by atoms with van der Waals surface area (Å²) in [6, 6.07) is 5.78. The van der Waals surface area contributed by atoms with Crippen molar-refractivity contribution in [2.45, 2.75) is 45.4 Å². The van der Waals surface area contributed by atoms with Gasteiger partial charge in [0.2, 0.25) is 0 Å². The zero-order valence-corrected chi connectivity index (χ0v) is 12.8. The summed E-state index contributed by atoms with van der Waals surface area (Å²) >= 11 is 0. The molecule has 0 bridgehead atoms. The van der Waals surface area contributed by atoms with E-state index in [1.807, 2.05) is 36.9 Å². The number of carbonyl (C=O) groups excluding carboxylic acids is 1. The molecule has 0 aliphatic carbocycles. The summed E-state index contributed by atoms with van der Waals surface area (Å²) in [5, 5.41) is 9.01. The molecule has 1 aromatic rings. The van der Waals surface area contributed by atoms with Gasteiger partial charge in [-0.05, 0) is 49.3 Å². The van der Waals surface area contributed by atoms with Crippen molar-refractivity contribution in [3.63, 3.8) is 0 Å². The Balaban J connectivity index is 2.27. The van der Waals surface area contributed by atoms with Crippen molar-refractivity contribution in [1.29, 1.82) is 0 Å². The van der Waals surface area contributed by atoms with E-state index in [2.05, 4.69) is 0 Å². The predicted molar refractivity (Wildman–Crippen MR) is 81.6 cm³/mol. The highest BCUT2D eigenvalue weighted by Gasteiger charge is 2.22. The normalized spacial score (nSPS) is 16.0. The Morgan fingerprint density at radius 3 is 2.52 bits per heavy atom. The fraction of sp³-hybridized carbons (Fsp3) is 0.529. The van der Waals surface area contributed by atoms with Crippen molar-refractivity contribution >= 4 is 11.9 Å². The first kappa shape index (κ1) is 15.5. The summed E-state index contributed by atoms with van der Waals surface area (Å²) in [6.07, 6.45) is 3.01.